The van der Waals surface area contributed by atoms with E-state index in [2.05, 4.69) is 27.3 Å². The number of amides is 4. The number of rotatable bonds is 6. The maximum absolute atomic E-state index is 12.5. The number of carbonyl (C=O) groups excluding carboxylic acids is 3. The maximum Gasteiger partial charge on any atom is 0.410 e. The summed E-state index contributed by atoms with van der Waals surface area (Å²) in [4.78, 5) is 53.3. The molecule has 2 fully saturated rings. The highest BCUT2D eigenvalue weighted by Gasteiger charge is 2.29. The second-order valence-corrected chi connectivity index (χ2v) is 12.3. The van der Waals surface area contributed by atoms with Crippen LogP contribution in [0.2, 0.25) is 0 Å². The number of nitrogens with zero attached hydrogens (tertiary/aromatic N) is 6. The third-order valence-electron chi connectivity index (χ3n) is 7.74. The molecule has 12 heteroatoms. The van der Waals surface area contributed by atoms with Crippen molar-refractivity contribution in [3.05, 3.63) is 41.7 Å². The number of ether oxygens (including phenoxy) is 1. The van der Waals surface area contributed by atoms with Crippen LogP contribution in [0.15, 0.2) is 30.5 Å². The number of hydrogen-bond donors (Lipinski definition) is 2. The van der Waals surface area contributed by atoms with Crippen LogP contribution < -0.4 is 16.0 Å². The third kappa shape index (κ3) is 7.59. The molecule has 1 unspecified atom stereocenters. The second kappa shape index (κ2) is 12.8. The van der Waals surface area contributed by atoms with Crippen molar-refractivity contribution in [3.8, 4) is 0 Å². The number of carbonyl (C=O) groups is 3. The standard InChI is InChI=1S/C30H44N8O4/c1-30(2,3)42-29(41)37-16-13-21(14-17-37)20-9-11-22(12-10-20)33-27-25(26(31)39)32-18-24(34-27)38-15-7-8-23(19-38)36(6)28(40)35(4)5/h9-12,18,21,23H,7-8,13-17,19H2,1-6H3,(H2,31,39)(H,33,34). The number of primary amides is 1. The van der Waals surface area contributed by atoms with Crippen LogP contribution in [0.1, 0.15) is 68.4 Å². The number of urea groups is 1. The van der Waals surface area contributed by atoms with Gasteiger partial charge in [0.2, 0.25) is 0 Å². The van der Waals surface area contributed by atoms with Gasteiger partial charge in [-0.05, 0) is 70.1 Å². The molecule has 0 spiro atoms. The van der Waals surface area contributed by atoms with Gasteiger partial charge in [-0.15, -0.1) is 0 Å². The molecule has 2 aliphatic rings. The van der Waals surface area contributed by atoms with E-state index in [4.69, 9.17) is 15.5 Å². The van der Waals surface area contributed by atoms with Gasteiger partial charge < -0.3 is 35.4 Å². The van der Waals surface area contributed by atoms with E-state index >= 15 is 0 Å². The molecule has 4 rings (SSSR count). The van der Waals surface area contributed by atoms with Crippen molar-refractivity contribution in [2.45, 2.75) is 64.0 Å². The van der Waals surface area contributed by atoms with Gasteiger partial charge in [-0.3, -0.25) is 4.79 Å². The number of likely N-dealkylation sites (N-methyl/N-ethyl adjacent to an activating group) is 1. The summed E-state index contributed by atoms with van der Waals surface area (Å²) in [5.74, 6) is 0.578. The van der Waals surface area contributed by atoms with Crippen molar-refractivity contribution in [3.63, 3.8) is 0 Å². The molecule has 1 aromatic carbocycles. The van der Waals surface area contributed by atoms with Crippen LogP contribution in [-0.2, 0) is 4.74 Å². The van der Waals surface area contributed by atoms with Crippen LogP contribution in [0, 0.1) is 0 Å². The van der Waals surface area contributed by atoms with Crippen molar-refractivity contribution in [1.82, 2.24) is 24.7 Å². The Hall–Kier alpha value is -4.09. The van der Waals surface area contributed by atoms with Gasteiger partial charge in [0.05, 0.1) is 12.2 Å². The average molecular weight is 581 g/mol. The van der Waals surface area contributed by atoms with E-state index in [0.717, 1.165) is 37.9 Å². The summed E-state index contributed by atoms with van der Waals surface area (Å²) in [6, 6.07) is 8.01. The molecule has 3 N–H and O–H groups in total. The smallest absolute Gasteiger partial charge is 0.410 e. The first-order valence-electron chi connectivity index (χ1n) is 14.5. The third-order valence-corrected chi connectivity index (χ3v) is 7.74. The zero-order chi connectivity index (χ0) is 30.6. The molecule has 12 nitrogen and oxygen atoms in total. The van der Waals surface area contributed by atoms with E-state index in [1.54, 1.807) is 35.0 Å². The van der Waals surface area contributed by atoms with Gasteiger partial charge in [-0.1, -0.05) is 12.1 Å². The Morgan fingerprint density at radius 2 is 1.69 bits per heavy atom. The van der Waals surface area contributed by atoms with Crippen molar-refractivity contribution in [2.24, 2.45) is 5.73 Å². The first kappa shape index (κ1) is 30.9. The maximum atomic E-state index is 12.5. The van der Waals surface area contributed by atoms with Crippen LogP contribution >= 0.6 is 0 Å². The number of benzene rings is 1. The predicted molar refractivity (Wildman–Crippen MR) is 162 cm³/mol. The Morgan fingerprint density at radius 3 is 2.29 bits per heavy atom. The zero-order valence-corrected chi connectivity index (χ0v) is 25.6. The molecule has 0 bridgehead atoms. The van der Waals surface area contributed by atoms with Crippen LogP contribution in [0.3, 0.4) is 0 Å². The van der Waals surface area contributed by atoms with Gasteiger partial charge in [0.1, 0.15) is 11.4 Å². The number of piperidine rings is 2. The van der Waals surface area contributed by atoms with E-state index in [0.29, 0.717) is 37.2 Å². The SMILES string of the molecule is CN(C)C(=O)N(C)C1CCCN(c2cnc(C(N)=O)c(Nc3ccc(C4CCN(C(=O)OC(C)(C)C)CC4)cc3)n2)C1. The van der Waals surface area contributed by atoms with Crippen molar-refractivity contribution >= 4 is 35.4 Å². The molecule has 2 aromatic rings. The number of anilines is 3. The molecule has 2 saturated heterocycles. The average Bonchev–Trinajstić information content (AvgIpc) is 2.96. The fraction of sp³-hybridized carbons (Fsp3) is 0.567. The lowest BCUT2D eigenvalue weighted by molar-refractivity contribution is 0.0204. The highest BCUT2D eigenvalue weighted by molar-refractivity contribution is 5.96. The van der Waals surface area contributed by atoms with Gasteiger partial charge in [-0.2, -0.15) is 0 Å². The topological polar surface area (TPSA) is 137 Å². The predicted octanol–water partition coefficient (Wildman–Crippen LogP) is 4.02. The zero-order valence-electron chi connectivity index (χ0n) is 25.6. The fourth-order valence-electron chi connectivity index (χ4n) is 5.45. The Bertz CT molecular complexity index is 1270. The number of nitrogens with two attached hydrogens (primary N) is 1. The van der Waals surface area contributed by atoms with E-state index in [1.807, 2.05) is 40.0 Å². The number of hydrogen-bond acceptors (Lipinski definition) is 8. The van der Waals surface area contributed by atoms with Crippen LogP contribution in [-0.4, -0.2) is 102 Å². The minimum atomic E-state index is -0.669. The summed E-state index contributed by atoms with van der Waals surface area (Å²) >= 11 is 0. The molecule has 1 aromatic heterocycles. The van der Waals surface area contributed by atoms with Crippen LogP contribution in [0.25, 0.3) is 0 Å². The highest BCUT2D eigenvalue weighted by atomic mass is 16.6. The minimum Gasteiger partial charge on any atom is -0.444 e. The Morgan fingerprint density at radius 1 is 1.02 bits per heavy atom. The first-order valence-corrected chi connectivity index (χ1v) is 14.5. The van der Waals surface area contributed by atoms with Gasteiger partial charge in [-0.25, -0.2) is 19.6 Å². The van der Waals surface area contributed by atoms with E-state index < -0.39 is 11.5 Å². The molecular formula is C30H44N8O4. The molecule has 42 heavy (non-hydrogen) atoms. The van der Waals surface area contributed by atoms with E-state index in [-0.39, 0.29) is 23.9 Å². The first-order chi connectivity index (χ1) is 19.8. The fourth-order valence-corrected chi connectivity index (χ4v) is 5.45. The van der Waals surface area contributed by atoms with E-state index in [1.165, 1.54) is 5.56 Å². The molecular weight excluding hydrogens is 536 g/mol. The summed E-state index contributed by atoms with van der Waals surface area (Å²) in [5, 5.41) is 3.23. The Balaban J connectivity index is 1.43. The molecule has 4 amide bonds. The summed E-state index contributed by atoms with van der Waals surface area (Å²) < 4.78 is 5.51. The second-order valence-electron chi connectivity index (χ2n) is 12.3. The molecule has 228 valence electrons. The summed E-state index contributed by atoms with van der Waals surface area (Å²) in [5.41, 5.74) is 7.13. The summed E-state index contributed by atoms with van der Waals surface area (Å²) in [6.07, 6.45) is 4.82. The van der Waals surface area contributed by atoms with E-state index in [9.17, 15) is 14.4 Å². The van der Waals surface area contributed by atoms with Crippen molar-refractivity contribution in [1.29, 1.82) is 0 Å². The molecule has 0 aliphatic carbocycles. The number of nitrogens with one attached hydrogen (secondary N) is 1. The molecule has 3 heterocycles. The monoisotopic (exact) mass is 580 g/mol. The van der Waals surface area contributed by atoms with Gasteiger partial charge in [0.25, 0.3) is 5.91 Å². The molecule has 0 saturated carbocycles. The normalized spacial score (nSPS) is 17.9. The number of aromatic nitrogens is 2. The van der Waals surface area contributed by atoms with Gasteiger partial charge in [0, 0.05) is 53.0 Å². The molecule has 2 aliphatic heterocycles. The minimum absolute atomic E-state index is 0.0335. The van der Waals surface area contributed by atoms with Gasteiger partial charge >= 0.3 is 12.1 Å². The lowest BCUT2D eigenvalue weighted by Gasteiger charge is -2.39. The molecule has 0 radical (unpaired) electrons. The van der Waals surface area contributed by atoms with Crippen LogP contribution in [0.4, 0.5) is 26.9 Å². The lowest BCUT2D eigenvalue weighted by atomic mass is 9.89. The molecule has 1 atom stereocenters. The Kier molecular flexibility index (Phi) is 9.43. The largest absolute Gasteiger partial charge is 0.444 e. The Labute approximate surface area is 248 Å². The van der Waals surface area contributed by atoms with Crippen LogP contribution in [0.5, 0.6) is 0 Å². The number of likely N-dealkylation sites (tertiary alicyclic amines) is 1. The van der Waals surface area contributed by atoms with Gasteiger partial charge in [0.15, 0.2) is 11.5 Å². The van der Waals surface area contributed by atoms with Crippen molar-refractivity contribution < 1.29 is 19.1 Å². The quantitative estimate of drug-likeness (QED) is 0.523. The summed E-state index contributed by atoms with van der Waals surface area (Å²) in [6.45, 7) is 8.31. The van der Waals surface area contributed by atoms with Crippen molar-refractivity contribution in [2.75, 3.05) is 57.5 Å². The lowest BCUT2D eigenvalue weighted by Crippen LogP contribution is -2.51. The summed E-state index contributed by atoms with van der Waals surface area (Å²) in [7, 11) is 5.31. The highest BCUT2D eigenvalue weighted by Crippen LogP contribution is 2.31.